The number of likely N-dealkylation sites (tertiary alicyclic amines) is 1. The van der Waals surface area contributed by atoms with E-state index >= 15 is 0 Å². The quantitative estimate of drug-likeness (QED) is 0.842. The van der Waals surface area contributed by atoms with Crippen LogP contribution in [0.15, 0.2) is 10.7 Å². The number of piperidine rings is 1. The first-order chi connectivity index (χ1) is 8.11. The molecule has 2 rings (SSSR count). The minimum absolute atomic E-state index is 0.0515. The Kier molecular flexibility index (Phi) is 3.86. The van der Waals surface area contributed by atoms with Crippen LogP contribution in [0.1, 0.15) is 37.2 Å². The monoisotopic (exact) mass is 299 g/mol. The maximum absolute atomic E-state index is 12.3. The number of amides is 1. The maximum atomic E-state index is 12.3. The minimum atomic E-state index is 0.0515. The summed E-state index contributed by atoms with van der Waals surface area (Å²) in [6, 6.07) is 0. The van der Waals surface area contributed by atoms with Crippen LogP contribution in [0.3, 0.4) is 0 Å². The summed E-state index contributed by atoms with van der Waals surface area (Å²) in [5.74, 6) is 0.648. The van der Waals surface area contributed by atoms with Crippen LogP contribution in [-0.2, 0) is 6.54 Å². The van der Waals surface area contributed by atoms with E-state index in [1.807, 2.05) is 18.0 Å². The van der Waals surface area contributed by atoms with E-state index in [0.717, 1.165) is 30.5 Å². The van der Waals surface area contributed by atoms with Crippen molar-refractivity contribution in [2.45, 2.75) is 33.2 Å². The molecule has 0 spiro atoms. The van der Waals surface area contributed by atoms with Gasteiger partial charge in [-0.15, -0.1) is 0 Å². The molecule has 1 saturated heterocycles. The topological polar surface area (TPSA) is 38.1 Å². The molecule has 1 aliphatic rings. The third-order valence-electron chi connectivity index (χ3n) is 3.19. The number of hydrogen-bond donors (Lipinski definition) is 0. The van der Waals surface area contributed by atoms with Gasteiger partial charge >= 0.3 is 0 Å². The van der Waals surface area contributed by atoms with Gasteiger partial charge in [0.15, 0.2) is 5.69 Å². The van der Waals surface area contributed by atoms with Gasteiger partial charge in [0.2, 0.25) is 0 Å². The van der Waals surface area contributed by atoms with Crippen LogP contribution in [0.25, 0.3) is 0 Å². The largest absolute Gasteiger partial charge is 0.337 e. The number of nitrogens with zero attached hydrogens (tertiary/aromatic N) is 3. The molecule has 0 aliphatic carbocycles. The van der Waals surface area contributed by atoms with Gasteiger partial charge in [-0.05, 0) is 41.6 Å². The molecule has 5 heteroatoms. The average Bonchev–Trinajstić information content (AvgIpc) is 2.69. The molecule has 17 heavy (non-hydrogen) atoms. The molecule has 1 atom stereocenters. The minimum Gasteiger partial charge on any atom is -0.337 e. The Morgan fingerprint density at radius 1 is 1.65 bits per heavy atom. The van der Waals surface area contributed by atoms with Crippen molar-refractivity contribution in [3.8, 4) is 0 Å². The van der Waals surface area contributed by atoms with Crippen molar-refractivity contribution in [3.05, 3.63) is 16.4 Å². The molecule has 1 aromatic heterocycles. The van der Waals surface area contributed by atoms with E-state index in [2.05, 4.69) is 28.0 Å². The highest BCUT2D eigenvalue weighted by Crippen LogP contribution is 2.21. The van der Waals surface area contributed by atoms with Gasteiger partial charge in [0.05, 0.1) is 4.47 Å². The lowest BCUT2D eigenvalue weighted by atomic mass is 10.0. The number of rotatable bonds is 2. The predicted molar refractivity (Wildman–Crippen MR) is 69.9 cm³/mol. The first-order valence-electron chi connectivity index (χ1n) is 6.14. The van der Waals surface area contributed by atoms with Gasteiger partial charge in [-0.3, -0.25) is 9.48 Å². The van der Waals surface area contributed by atoms with E-state index in [-0.39, 0.29) is 5.91 Å². The third-order valence-corrected chi connectivity index (χ3v) is 3.77. The number of aryl methyl sites for hydroxylation is 1. The Bertz CT molecular complexity index is 416. The van der Waals surface area contributed by atoms with E-state index in [1.54, 1.807) is 4.68 Å². The number of hydrogen-bond acceptors (Lipinski definition) is 2. The zero-order valence-corrected chi connectivity index (χ0v) is 11.9. The highest BCUT2D eigenvalue weighted by atomic mass is 79.9. The average molecular weight is 300 g/mol. The molecule has 0 N–H and O–H groups in total. The SMILES string of the molecule is CCn1cc(Br)c(C(=O)N2CCC[C@@H](C)C2)n1. The Morgan fingerprint density at radius 3 is 3.00 bits per heavy atom. The Balaban J connectivity index is 2.15. The summed E-state index contributed by atoms with van der Waals surface area (Å²) < 4.78 is 2.58. The van der Waals surface area contributed by atoms with Crippen molar-refractivity contribution in [1.29, 1.82) is 0 Å². The molecule has 0 saturated carbocycles. The summed E-state index contributed by atoms with van der Waals surface area (Å²) in [5, 5.41) is 4.31. The van der Waals surface area contributed by atoms with E-state index in [9.17, 15) is 4.79 Å². The van der Waals surface area contributed by atoms with Crippen LogP contribution < -0.4 is 0 Å². The van der Waals surface area contributed by atoms with Gasteiger partial charge in [0.25, 0.3) is 5.91 Å². The lowest BCUT2D eigenvalue weighted by Crippen LogP contribution is -2.39. The van der Waals surface area contributed by atoms with Crippen molar-refractivity contribution in [1.82, 2.24) is 14.7 Å². The van der Waals surface area contributed by atoms with E-state index in [4.69, 9.17) is 0 Å². The van der Waals surface area contributed by atoms with Gasteiger partial charge in [-0.25, -0.2) is 0 Å². The summed E-state index contributed by atoms with van der Waals surface area (Å²) in [7, 11) is 0. The molecule has 0 radical (unpaired) electrons. The third kappa shape index (κ3) is 2.70. The van der Waals surface area contributed by atoms with Crippen LogP contribution in [-0.4, -0.2) is 33.7 Å². The zero-order chi connectivity index (χ0) is 12.4. The fourth-order valence-corrected chi connectivity index (χ4v) is 2.71. The molecule has 94 valence electrons. The summed E-state index contributed by atoms with van der Waals surface area (Å²) in [6.45, 7) is 6.69. The van der Waals surface area contributed by atoms with Crippen molar-refractivity contribution in [2.75, 3.05) is 13.1 Å². The highest BCUT2D eigenvalue weighted by molar-refractivity contribution is 9.10. The normalized spacial score (nSPS) is 20.6. The molecule has 4 nitrogen and oxygen atoms in total. The molecule has 1 aromatic rings. The van der Waals surface area contributed by atoms with Crippen molar-refractivity contribution in [2.24, 2.45) is 5.92 Å². The number of carbonyl (C=O) groups excluding carboxylic acids is 1. The second-order valence-electron chi connectivity index (χ2n) is 4.68. The highest BCUT2D eigenvalue weighted by Gasteiger charge is 2.25. The molecular formula is C12H18BrN3O. The Labute approximate surface area is 110 Å². The number of aromatic nitrogens is 2. The Hall–Kier alpha value is -0.840. The summed E-state index contributed by atoms with van der Waals surface area (Å²) in [4.78, 5) is 14.2. The van der Waals surface area contributed by atoms with E-state index < -0.39 is 0 Å². The first kappa shape index (κ1) is 12.6. The van der Waals surface area contributed by atoms with Crippen LogP contribution in [0.2, 0.25) is 0 Å². The van der Waals surface area contributed by atoms with Gasteiger partial charge in [0, 0.05) is 25.8 Å². The Morgan fingerprint density at radius 2 is 2.41 bits per heavy atom. The van der Waals surface area contributed by atoms with Crippen LogP contribution in [0.5, 0.6) is 0 Å². The summed E-state index contributed by atoms with van der Waals surface area (Å²) in [5.41, 5.74) is 0.543. The number of halogens is 1. The van der Waals surface area contributed by atoms with Gasteiger partial charge in [0.1, 0.15) is 0 Å². The van der Waals surface area contributed by atoms with Crippen LogP contribution in [0, 0.1) is 5.92 Å². The fraction of sp³-hybridized carbons (Fsp3) is 0.667. The second kappa shape index (κ2) is 5.21. The lowest BCUT2D eigenvalue weighted by molar-refractivity contribution is 0.0675. The van der Waals surface area contributed by atoms with Gasteiger partial charge < -0.3 is 4.90 Å². The maximum Gasteiger partial charge on any atom is 0.275 e. The second-order valence-corrected chi connectivity index (χ2v) is 5.53. The van der Waals surface area contributed by atoms with Gasteiger partial charge in [-0.2, -0.15) is 5.10 Å². The summed E-state index contributed by atoms with van der Waals surface area (Å²) in [6.07, 6.45) is 4.17. The molecule has 0 aromatic carbocycles. The van der Waals surface area contributed by atoms with Crippen LogP contribution >= 0.6 is 15.9 Å². The predicted octanol–water partition coefficient (Wildman–Crippen LogP) is 2.54. The molecule has 2 heterocycles. The van der Waals surface area contributed by atoms with Gasteiger partial charge in [-0.1, -0.05) is 6.92 Å². The molecule has 0 bridgehead atoms. The standard InChI is InChI=1S/C12H18BrN3O/c1-3-16-8-10(13)11(14-16)12(17)15-6-4-5-9(2)7-15/h8-9H,3-7H2,1-2H3/t9-/m1/s1. The molecule has 0 unspecified atom stereocenters. The number of carbonyl (C=O) groups is 1. The van der Waals surface area contributed by atoms with E-state index in [0.29, 0.717) is 11.6 Å². The van der Waals surface area contributed by atoms with Crippen molar-refractivity contribution in [3.63, 3.8) is 0 Å². The zero-order valence-electron chi connectivity index (χ0n) is 10.3. The molecular weight excluding hydrogens is 282 g/mol. The van der Waals surface area contributed by atoms with Crippen LogP contribution in [0.4, 0.5) is 0 Å². The first-order valence-corrected chi connectivity index (χ1v) is 6.93. The smallest absolute Gasteiger partial charge is 0.275 e. The van der Waals surface area contributed by atoms with E-state index in [1.165, 1.54) is 6.42 Å². The fourth-order valence-electron chi connectivity index (χ4n) is 2.23. The van der Waals surface area contributed by atoms with Crippen molar-refractivity contribution < 1.29 is 4.79 Å². The van der Waals surface area contributed by atoms with Crippen molar-refractivity contribution >= 4 is 21.8 Å². The lowest BCUT2D eigenvalue weighted by Gasteiger charge is -2.30. The summed E-state index contributed by atoms with van der Waals surface area (Å²) >= 11 is 3.41. The molecule has 1 aliphatic heterocycles. The molecule has 1 fully saturated rings. The molecule has 1 amide bonds.